The van der Waals surface area contributed by atoms with E-state index < -0.39 is 0 Å². The van der Waals surface area contributed by atoms with Gasteiger partial charge in [-0.2, -0.15) is 0 Å². The molecule has 3 nitrogen and oxygen atoms in total. The van der Waals surface area contributed by atoms with Crippen molar-refractivity contribution in [3.8, 4) is 0 Å². The molecular formula is C8H11N3. The molecule has 0 N–H and O–H groups in total. The number of hydrogen-bond donors (Lipinski definition) is 0. The molecule has 0 aliphatic heterocycles. The summed E-state index contributed by atoms with van der Waals surface area (Å²) in [6, 6.07) is 0. The number of aromatic nitrogens is 2. The third-order valence-corrected chi connectivity index (χ3v) is 1.27. The van der Waals surface area contributed by atoms with Crippen LogP contribution in [0, 0.1) is 6.92 Å². The Labute approximate surface area is 66.1 Å². The van der Waals surface area contributed by atoms with Gasteiger partial charge >= 0.3 is 0 Å². The first-order valence-corrected chi connectivity index (χ1v) is 3.39. The Kier molecular flexibility index (Phi) is 2.21. The Bertz CT molecular complexity index is 284. The maximum absolute atomic E-state index is 4.16. The molecule has 1 heterocycles. The zero-order valence-electron chi connectivity index (χ0n) is 6.78. The van der Waals surface area contributed by atoms with Crippen molar-refractivity contribution in [2.45, 2.75) is 6.92 Å². The minimum absolute atomic E-state index is 0.711. The van der Waals surface area contributed by atoms with Gasteiger partial charge < -0.3 is 4.57 Å². The second kappa shape index (κ2) is 3.14. The molecule has 0 aliphatic rings. The first-order valence-electron chi connectivity index (χ1n) is 3.39. The van der Waals surface area contributed by atoms with E-state index in [0.29, 0.717) is 5.95 Å². The lowest BCUT2D eigenvalue weighted by atomic mass is 10.6. The fourth-order valence-corrected chi connectivity index (χ4v) is 0.843. The third-order valence-electron chi connectivity index (χ3n) is 1.27. The van der Waals surface area contributed by atoms with Crippen LogP contribution in [0.15, 0.2) is 23.8 Å². The molecule has 0 spiro atoms. The van der Waals surface area contributed by atoms with Crippen LogP contribution in [0.25, 0.3) is 0 Å². The number of nitrogens with zero attached hydrogens (tertiary/aromatic N) is 3. The summed E-state index contributed by atoms with van der Waals surface area (Å²) in [6.07, 6.45) is 5.18. The van der Waals surface area contributed by atoms with Gasteiger partial charge in [-0.25, -0.2) is 9.98 Å². The summed E-state index contributed by atoms with van der Waals surface area (Å²) in [7, 11) is 1.91. The quantitative estimate of drug-likeness (QED) is 0.587. The first kappa shape index (κ1) is 7.72. The molecule has 3 heteroatoms. The molecule has 0 fully saturated rings. The minimum atomic E-state index is 0.711. The van der Waals surface area contributed by atoms with Gasteiger partial charge in [0.25, 0.3) is 0 Å². The van der Waals surface area contributed by atoms with Gasteiger partial charge in [0.2, 0.25) is 5.95 Å². The number of aliphatic imine (C=N–C) groups is 1. The molecule has 58 valence electrons. The standard InChI is InChI=1S/C8H11N3/c1-4-5-9-8-10-7(2)6-11(8)3/h4-6H,1H2,2-3H3/b9-5-. The molecule has 0 radical (unpaired) electrons. The van der Waals surface area contributed by atoms with Gasteiger partial charge in [0, 0.05) is 19.5 Å². The molecule has 1 aromatic rings. The zero-order valence-corrected chi connectivity index (χ0v) is 6.78. The van der Waals surface area contributed by atoms with E-state index in [1.807, 2.05) is 24.7 Å². The fraction of sp³-hybridized carbons (Fsp3) is 0.250. The predicted octanol–water partition coefficient (Wildman–Crippen LogP) is 1.62. The molecule has 0 atom stereocenters. The molecule has 0 saturated carbocycles. The van der Waals surface area contributed by atoms with E-state index in [0.717, 1.165) is 5.69 Å². The van der Waals surface area contributed by atoms with Gasteiger partial charge in [0.05, 0.1) is 5.69 Å². The van der Waals surface area contributed by atoms with Gasteiger partial charge in [-0.15, -0.1) is 0 Å². The van der Waals surface area contributed by atoms with Crippen LogP contribution >= 0.6 is 0 Å². The SMILES string of the molecule is C=C/C=N\c1nc(C)cn1C. The summed E-state index contributed by atoms with van der Waals surface area (Å²) in [5.74, 6) is 0.711. The van der Waals surface area contributed by atoms with Crippen molar-refractivity contribution in [3.05, 3.63) is 24.5 Å². The maximum atomic E-state index is 4.16. The number of rotatable bonds is 2. The molecule has 0 unspecified atom stereocenters. The van der Waals surface area contributed by atoms with Crippen molar-refractivity contribution < 1.29 is 0 Å². The van der Waals surface area contributed by atoms with Crippen LogP contribution in [0.4, 0.5) is 5.95 Å². The van der Waals surface area contributed by atoms with E-state index in [2.05, 4.69) is 16.6 Å². The largest absolute Gasteiger partial charge is 0.318 e. The highest BCUT2D eigenvalue weighted by Gasteiger charge is 1.96. The summed E-state index contributed by atoms with van der Waals surface area (Å²) in [4.78, 5) is 8.22. The highest BCUT2D eigenvalue weighted by Crippen LogP contribution is 2.08. The van der Waals surface area contributed by atoms with Crippen molar-refractivity contribution >= 4 is 12.2 Å². The molecule has 0 amide bonds. The second-order valence-corrected chi connectivity index (χ2v) is 2.31. The van der Waals surface area contributed by atoms with Crippen LogP contribution in [-0.4, -0.2) is 15.8 Å². The van der Waals surface area contributed by atoms with Crippen molar-refractivity contribution in [1.29, 1.82) is 0 Å². The molecule has 1 aromatic heterocycles. The van der Waals surface area contributed by atoms with Crippen LogP contribution in [0.1, 0.15) is 5.69 Å². The predicted molar refractivity (Wildman–Crippen MR) is 46.3 cm³/mol. The van der Waals surface area contributed by atoms with Gasteiger partial charge in [-0.3, -0.25) is 0 Å². The summed E-state index contributed by atoms with van der Waals surface area (Å²) in [6.45, 7) is 5.46. The van der Waals surface area contributed by atoms with Gasteiger partial charge in [0.15, 0.2) is 0 Å². The number of allylic oxidation sites excluding steroid dienone is 1. The second-order valence-electron chi connectivity index (χ2n) is 2.31. The van der Waals surface area contributed by atoms with E-state index in [-0.39, 0.29) is 0 Å². The molecule has 11 heavy (non-hydrogen) atoms. The average Bonchev–Trinajstić information content (AvgIpc) is 2.26. The lowest BCUT2D eigenvalue weighted by molar-refractivity contribution is 0.912. The van der Waals surface area contributed by atoms with Crippen LogP contribution in [-0.2, 0) is 7.05 Å². The summed E-state index contributed by atoms with van der Waals surface area (Å²) < 4.78 is 1.87. The maximum Gasteiger partial charge on any atom is 0.229 e. The Balaban J connectivity index is 2.93. The van der Waals surface area contributed by atoms with Crippen LogP contribution in [0.5, 0.6) is 0 Å². The summed E-state index contributed by atoms with van der Waals surface area (Å²) in [5, 5.41) is 0. The first-order chi connectivity index (χ1) is 5.24. The Morgan fingerprint density at radius 1 is 1.73 bits per heavy atom. The Morgan fingerprint density at radius 3 is 2.91 bits per heavy atom. The van der Waals surface area contributed by atoms with Gasteiger partial charge in [0.1, 0.15) is 0 Å². The highest BCUT2D eigenvalue weighted by molar-refractivity contribution is 5.72. The lowest BCUT2D eigenvalue weighted by Crippen LogP contribution is -1.82. The van der Waals surface area contributed by atoms with E-state index in [4.69, 9.17) is 0 Å². The Hall–Kier alpha value is -1.38. The minimum Gasteiger partial charge on any atom is -0.318 e. The summed E-state index contributed by atoms with van der Waals surface area (Å²) in [5.41, 5.74) is 0.976. The van der Waals surface area contributed by atoms with Crippen molar-refractivity contribution in [2.24, 2.45) is 12.0 Å². The normalized spacial score (nSPS) is 10.7. The lowest BCUT2D eigenvalue weighted by Gasteiger charge is -1.89. The van der Waals surface area contributed by atoms with Crippen LogP contribution < -0.4 is 0 Å². The molecule has 0 bridgehead atoms. The topological polar surface area (TPSA) is 30.2 Å². The molecular weight excluding hydrogens is 138 g/mol. The monoisotopic (exact) mass is 149 g/mol. The van der Waals surface area contributed by atoms with Crippen molar-refractivity contribution in [1.82, 2.24) is 9.55 Å². The molecule has 0 aromatic carbocycles. The molecule has 1 rings (SSSR count). The Morgan fingerprint density at radius 2 is 2.45 bits per heavy atom. The molecule has 0 saturated heterocycles. The smallest absolute Gasteiger partial charge is 0.229 e. The molecule has 0 aliphatic carbocycles. The average molecular weight is 149 g/mol. The number of aryl methyl sites for hydroxylation is 2. The van der Waals surface area contributed by atoms with E-state index in [1.165, 1.54) is 0 Å². The van der Waals surface area contributed by atoms with Crippen molar-refractivity contribution in [2.75, 3.05) is 0 Å². The number of imidazole rings is 1. The van der Waals surface area contributed by atoms with Crippen LogP contribution in [0.2, 0.25) is 0 Å². The van der Waals surface area contributed by atoms with Crippen molar-refractivity contribution in [3.63, 3.8) is 0 Å². The fourth-order valence-electron chi connectivity index (χ4n) is 0.843. The number of hydrogen-bond acceptors (Lipinski definition) is 2. The van der Waals surface area contributed by atoms with Gasteiger partial charge in [-0.05, 0) is 6.92 Å². The summed E-state index contributed by atoms with van der Waals surface area (Å²) >= 11 is 0. The van der Waals surface area contributed by atoms with Crippen LogP contribution in [0.3, 0.4) is 0 Å². The third kappa shape index (κ3) is 1.77. The van der Waals surface area contributed by atoms with Gasteiger partial charge in [-0.1, -0.05) is 12.7 Å². The van der Waals surface area contributed by atoms with E-state index in [9.17, 15) is 0 Å². The van der Waals surface area contributed by atoms with E-state index >= 15 is 0 Å². The highest BCUT2D eigenvalue weighted by atomic mass is 15.1. The zero-order chi connectivity index (χ0) is 8.27. The van der Waals surface area contributed by atoms with E-state index in [1.54, 1.807) is 12.3 Å².